The molecule has 3 unspecified atom stereocenters. The largest absolute Gasteiger partial charge is 0.399 e. The molecule has 1 aliphatic heterocycles. The van der Waals surface area contributed by atoms with E-state index in [-0.39, 0.29) is 24.4 Å². The topological polar surface area (TPSA) is 145 Å². The van der Waals surface area contributed by atoms with Gasteiger partial charge in [-0.2, -0.15) is 0 Å². The van der Waals surface area contributed by atoms with Crippen LogP contribution in [0.3, 0.4) is 0 Å². The minimum atomic E-state index is -0.546. The third kappa shape index (κ3) is 3.35. The van der Waals surface area contributed by atoms with Crippen LogP contribution in [0.2, 0.25) is 0 Å². The van der Waals surface area contributed by atoms with Gasteiger partial charge in [-0.1, -0.05) is 6.07 Å². The second-order valence-electron chi connectivity index (χ2n) is 8.77. The van der Waals surface area contributed by atoms with Crippen molar-refractivity contribution in [3.63, 3.8) is 0 Å². The fourth-order valence-corrected chi connectivity index (χ4v) is 5.41. The molecule has 34 heavy (non-hydrogen) atoms. The molecule has 2 fully saturated rings. The van der Waals surface area contributed by atoms with E-state index in [4.69, 9.17) is 11.5 Å². The minimum absolute atomic E-state index is 0.0159. The van der Waals surface area contributed by atoms with Crippen LogP contribution in [0.1, 0.15) is 12.8 Å². The van der Waals surface area contributed by atoms with Crippen LogP contribution in [-0.4, -0.2) is 48.3 Å². The standard InChI is InChI=1S/C23H21BrN8O2/c24-17-2-1-3-18(29-17)30-23(34)16-7-11-6-14(11)32(16)19(33)9-31-15-8-12(25)4-5-13(15)20-21(26)27-10-28-22(20)31/h1-5,8,10-11,14,16H,6-7,9,25H2,(H2,26,27,28)(H,29,30,34). The summed E-state index contributed by atoms with van der Waals surface area (Å²) in [6.07, 6.45) is 2.94. The number of rotatable bonds is 4. The van der Waals surface area contributed by atoms with Crippen molar-refractivity contribution in [3.8, 4) is 0 Å². The van der Waals surface area contributed by atoms with Crippen molar-refractivity contribution in [1.29, 1.82) is 0 Å². The number of aromatic nitrogens is 4. The Bertz CT molecular complexity index is 1480. The first-order valence-corrected chi connectivity index (χ1v) is 11.7. The molecule has 0 spiro atoms. The van der Waals surface area contributed by atoms with Crippen LogP contribution in [-0.2, 0) is 16.1 Å². The number of amides is 2. The first-order chi connectivity index (χ1) is 16.4. The summed E-state index contributed by atoms with van der Waals surface area (Å²) in [4.78, 5) is 41.2. The monoisotopic (exact) mass is 520 g/mol. The summed E-state index contributed by atoms with van der Waals surface area (Å²) in [5.74, 6) is 0.752. The van der Waals surface area contributed by atoms with Gasteiger partial charge in [0.05, 0.1) is 10.9 Å². The van der Waals surface area contributed by atoms with Gasteiger partial charge in [0.25, 0.3) is 0 Å². The molecule has 1 aliphatic carbocycles. The van der Waals surface area contributed by atoms with E-state index in [1.165, 1.54) is 6.33 Å². The molecule has 11 heteroatoms. The van der Waals surface area contributed by atoms with Crippen molar-refractivity contribution < 1.29 is 9.59 Å². The molecule has 172 valence electrons. The van der Waals surface area contributed by atoms with E-state index < -0.39 is 6.04 Å². The second kappa shape index (κ2) is 7.66. The summed E-state index contributed by atoms with van der Waals surface area (Å²) >= 11 is 3.31. The van der Waals surface area contributed by atoms with E-state index in [2.05, 4.69) is 36.2 Å². The maximum absolute atomic E-state index is 13.6. The summed E-state index contributed by atoms with van der Waals surface area (Å²) in [7, 11) is 0. The van der Waals surface area contributed by atoms with E-state index in [0.717, 1.165) is 17.3 Å². The Labute approximate surface area is 202 Å². The average Bonchev–Trinajstić information content (AvgIpc) is 3.35. The van der Waals surface area contributed by atoms with Gasteiger partial charge in [-0.3, -0.25) is 9.59 Å². The number of carbonyl (C=O) groups excluding carboxylic acids is 2. The number of hydrogen-bond donors (Lipinski definition) is 3. The molecular weight excluding hydrogens is 500 g/mol. The number of nitrogens with zero attached hydrogens (tertiary/aromatic N) is 5. The highest BCUT2D eigenvalue weighted by atomic mass is 79.9. The Morgan fingerprint density at radius 1 is 1.15 bits per heavy atom. The predicted octanol–water partition coefficient (Wildman–Crippen LogP) is 2.53. The third-order valence-corrected chi connectivity index (χ3v) is 7.09. The molecule has 0 bridgehead atoms. The number of anilines is 3. The highest BCUT2D eigenvalue weighted by Crippen LogP contribution is 2.48. The first-order valence-electron chi connectivity index (χ1n) is 10.9. The Hall–Kier alpha value is -3.73. The Balaban J connectivity index is 1.33. The van der Waals surface area contributed by atoms with Gasteiger partial charge in [-0.05, 0) is 65.0 Å². The maximum Gasteiger partial charge on any atom is 0.248 e. The molecule has 4 heterocycles. The molecule has 6 rings (SSSR count). The number of nitrogens with two attached hydrogens (primary N) is 2. The zero-order valence-electron chi connectivity index (χ0n) is 18.0. The van der Waals surface area contributed by atoms with Crippen molar-refractivity contribution in [2.24, 2.45) is 5.92 Å². The molecule has 1 saturated heterocycles. The Morgan fingerprint density at radius 2 is 2.00 bits per heavy atom. The first kappa shape index (κ1) is 20.8. The number of hydrogen-bond acceptors (Lipinski definition) is 7. The molecule has 4 aromatic rings. The Kier molecular flexibility index (Phi) is 4.70. The highest BCUT2D eigenvalue weighted by molar-refractivity contribution is 9.10. The van der Waals surface area contributed by atoms with E-state index >= 15 is 0 Å². The van der Waals surface area contributed by atoms with Crippen LogP contribution in [0.25, 0.3) is 21.9 Å². The van der Waals surface area contributed by atoms with E-state index in [9.17, 15) is 9.59 Å². The summed E-state index contributed by atoms with van der Waals surface area (Å²) < 4.78 is 2.43. The Morgan fingerprint density at radius 3 is 2.82 bits per heavy atom. The van der Waals surface area contributed by atoms with Gasteiger partial charge >= 0.3 is 0 Å². The van der Waals surface area contributed by atoms with Crippen LogP contribution in [0.5, 0.6) is 0 Å². The summed E-state index contributed by atoms with van der Waals surface area (Å²) in [5, 5.41) is 4.36. The van der Waals surface area contributed by atoms with Crippen molar-refractivity contribution in [2.45, 2.75) is 31.5 Å². The predicted molar refractivity (Wildman–Crippen MR) is 132 cm³/mol. The number of benzene rings is 1. The van der Waals surface area contributed by atoms with Gasteiger partial charge < -0.3 is 26.3 Å². The fourth-order valence-electron chi connectivity index (χ4n) is 5.06. The number of likely N-dealkylation sites (tertiary alicyclic amines) is 1. The lowest BCUT2D eigenvalue weighted by atomic mass is 10.1. The number of nitrogens with one attached hydrogen (secondary N) is 1. The minimum Gasteiger partial charge on any atom is -0.399 e. The molecule has 0 radical (unpaired) electrons. The zero-order chi connectivity index (χ0) is 23.6. The lowest BCUT2D eigenvalue weighted by molar-refractivity contribution is -0.138. The number of fused-ring (bicyclic) bond motifs is 4. The van der Waals surface area contributed by atoms with Crippen LogP contribution in [0.4, 0.5) is 17.3 Å². The zero-order valence-corrected chi connectivity index (χ0v) is 19.6. The number of halogens is 1. The second-order valence-corrected chi connectivity index (χ2v) is 9.58. The van der Waals surface area contributed by atoms with Crippen molar-refractivity contribution >= 4 is 67.0 Å². The van der Waals surface area contributed by atoms with E-state index in [0.29, 0.717) is 45.3 Å². The van der Waals surface area contributed by atoms with Gasteiger partial charge in [-0.25, -0.2) is 15.0 Å². The molecule has 1 saturated carbocycles. The molecule has 3 atom stereocenters. The fraction of sp³-hybridized carbons (Fsp3) is 0.261. The van der Waals surface area contributed by atoms with Crippen LogP contribution in [0.15, 0.2) is 47.3 Å². The number of pyridine rings is 1. The highest BCUT2D eigenvalue weighted by Gasteiger charge is 2.56. The molecule has 5 N–H and O–H groups in total. The molecule has 2 aliphatic rings. The summed E-state index contributed by atoms with van der Waals surface area (Å²) in [5.41, 5.74) is 14.1. The maximum atomic E-state index is 13.6. The molecular formula is C23H21BrN8O2. The van der Waals surface area contributed by atoms with Crippen LogP contribution in [0, 0.1) is 5.92 Å². The number of piperidine rings is 1. The molecule has 3 aromatic heterocycles. The number of carbonyl (C=O) groups is 2. The van der Waals surface area contributed by atoms with Crippen molar-refractivity contribution in [3.05, 3.63) is 47.3 Å². The van der Waals surface area contributed by atoms with Gasteiger partial charge in [0, 0.05) is 17.1 Å². The normalized spacial score (nSPS) is 21.1. The van der Waals surface area contributed by atoms with E-state index in [1.54, 1.807) is 35.2 Å². The van der Waals surface area contributed by atoms with Gasteiger partial charge in [0.2, 0.25) is 11.8 Å². The van der Waals surface area contributed by atoms with Gasteiger partial charge in [-0.15, -0.1) is 0 Å². The lowest BCUT2D eigenvalue weighted by Crippen LogP contribution is -2.46. The summed E-state index contributed by atoms with van der Waals surface area (Å²) in [6.45, 7) is 0.0159. The van der Waals surface area contributed by atoms with Crippen LogP contribution < -0.4 is 16.8 Å². The summed E-state index contributed by atoms with van der Waals surface area (Å²) in [6, 6.07) is 10.3. The lowest BCUT2D eigenvalue weighted by Gasteiger charge is -2.27. The molecule has 1 aromatic carbocycles. The smallest absolute Gasteiger partial charge is 0.248 e. The quantitative estimate of drug-likeness (QED) is 0.276. The SMILES string of the molecule is Nc1ccc2c3c(N)ncnc3n(CC(=O)N3C(C(=O)Nc4cccc(Br)n4)CC4CC43)c2c1. The van der Waals surface area contributed by atoms with Crippen LogP contribution >= 0.6 is 15.9 Å². The number of nitrogen functional groups attached to an aromatic ring is 2. The molecule has 10 nitrogen and oxygen atoms in total. The van der Waals surface area contributed by atoms with E-state index in [1.807, 2.05) is 10.6 Å². The third-order valence-electron chi connectivity index (χ3n) is 6.65. The van der Waals surface area contributed by atoms with Gasteiger partial charge in [0.15, 0.2) is 0 Å². The van der Waals surface area contributed by atoms with Crippen molar-refractivity contribution in [2.75, 3.05) is 16.8 Å². The average molecular weight is 521 g/mol. The van der Waals surface area contributed by atoms with Crippen molar-refractivity contribution in [1.82, 2.24) is 24.4 Å². The van der Waals surface area contributed by atoms with Gasteiger partial charge in [0.1, 0.15) is 40.8 Å². The molecule has 2 amide bonds.